The summed E-state index contributed by atoms with van der Waals surface area (Å²) in [4.78, 5) is 23.5. The molecule has 0 spiro atoms. The molecule has 0 radical (unpaired) electrons. The quantitative estimate of drug-likeness (QED) is 0.701. The number of hydrogen-bond donors (Lipinski definition) is 2. The molecule has 0 bridgehead atoms. The van der Waals surface area contributed by atoms with Gasteiger partial charge < -0.3 is 14.9 Å². The van der Waals surface area contributed by atoms with Crippen molar-refractivity contribution in [3.8, 4) is 0 Å². The lowest BCUT2D eigenvalue weighted by Gasteiger charge is -2.33. The van der Waals surface area contributed by atoms with E-state index in [0.29, 0.717) is 24.2 Å². The normalized spacial score (nSPS) is 17.5. The Balaban J connectivity index is 2.32. The molecule has 1 saturated heterocycles. The Morgan fingerprint density at radius 1 is 1.07 bits per heavy atom. The van der Waals surface area contributed by atoms with Crippen molar-refractivity contribution in [2.75, 3.05) is 16.6 Å². The summed E-state index contributed by atoms with van der Waals surface area (Å²) in [6.07, 6.45) is 1.00. The van der Waals surface area contributed by atoms with E-state index in [9.17, 15) is 28.2 Å². The smallest absolute Gasteiger partial charge is 0.348 e. The Hall–Kier alpha value is -2.13. The van der Waals surface area contributed by atoms with Crippen molar-refractivity contribution in [3.63, 3.8) is 0 Å². The van der Waals surface area contributed by atoms with E-state index in [1.807, 2.05) is 0 Å². The summed E-state index contributed by atoms with van der Waals surface area (Å²) >= 11 is 0. The highest BCUT2D eigenvalue weighted by Crippen LogP contribution is 2.28. The number of rotatable bonds is 6. The number of ether oxygens (including phenoxy) is 1. The number of benzene rings is 1. The molecule has 0 atom stereocenters. The Morgan fingerprint density at radius 2 is 1.63 bits per heavy atom. The lowest BCUT2D eigenvalue weighted by molar-refractivity contribution is -0.199. The second-order valence-electron chi connectivity index (χ2n) is 7.59. The third kappa shape index (κ3) is 4.78. The van der Waals surface area contributed by atoms with Crippen LogP contribution in [0, 0.1) is 0 Å². The van der Waals surface area contributed by atoms with Gasteiger partial charge in [-0.1, -0.05) is 12.1 Å². The van der Waals surface area contributed by atoms with Crippen LogP contribution in [0.3, 0.4) is 0 Å². The van der Waals surface area contributed by atoms with E-state index >= 15 is 0 Å². The van der Waals surface area contributed by atoms with Gasteiger partial charge in [0.25, 0.3) is 5.60 Å². The molecule has 27 heavy (non-hydrogen) atoms. The zero-order valence-corrected chi connectivity index (χ0v) is 16.5. The van der Waals surface area contributed by atoms with Crippen LogP contribution in [-0.2, 0) is 30.8 Å². The molecule has 1 aromatic rings. The van der Waals surface area contributed by atoms with E-state index in [0.717, 1.165) is 6.42 Å². The first-order valence-electron chi connectivity index (χ1n) is 8.64. The average Bonchev–Trinajstić information content (AvgIpc) is 2.53. The van der Waals surface area contributed by atoms with E-state index in [1.54, 1.807) is 32.9 Å². The van der Waals surface area contributed by atoms with E-state index in [4.69, 9.17) is 4.74 Å². The fourth-order valence-corrected chi connectivity index (χ4v) is 4.67. The largest absolute Gasteiger partial charge is 0.479 e. The van der Waals surface area contributed by atoms with Gasteiger partial charge in [-0.15, -0.1) is 0 Å². The molecule has 2 N–H and O–H groups in total. The summed E-state index contributed by atoms with van der Waals surface area (Å²) in [5, 5.41) is 19.1. The maximum atomic E-state index is 12.2. The molecule has 1 fully saturated rings. The van der Waals surface area contributed by atoms with Crippen LogP contribution in [0.15, 0.2) is 24.3 Å². The highest BCUT2D eigenvalue weighted by atomic mass is 32.2. The van der Waals surface area contributed by atoms with Crippen LogP contribution in [0.25, 0.3) is 0 Å². The molecule has 8 nitrogen and oxygen atoms in total. The fourth-order valence-electron chi connectivity index (χ4n) is 3.04. The van der Waals surface area contributed by atoms with Gasteiger partial charge in [0.2, 0.25) is 10.0 Å². The van der Waals surface area contributed by atoms with Gasteiger partial charge in [0.05, 0.1) is 17.0 Å². The van der Waals surface area contributed by atoms with Gasteiger partial charge in [-0.3, -0.25) is 4.31 Å². The predicted molar refractivity (Wildman–Crippen MR) is 99.4 cm³/mol. The summed E-state index contributed by atoms with van der Waals surface area (Å²) in [5.74, 6) is -3.09. The summed E-state index contributed by atoms with van der Waals surface area (Å²) < 4.78 is 31.1. The van der Waals surface area contributed by atoms with Crippen molar-refractivity contribution in [1.29, 1.82) is 0 Å². The van der Waals surface area contributed by atoms with E-state index in [1.165, 1.54) is 16.4 Å². The number of carboxylic acid groups (broad SMARTS) is 2. The number of carbonyl (C=O) groups is 2. The summed E-state index contributed by atoms with van der Waals surface area (Å²) in [6, 6.07) is 6.19. The van der Waals surface area contributed by atoms with E-state index in [-0.39, 0.29) is 12.2 Å². The van der Waals surface area contributed by atoms with Crippen LogP contribution < -0.4 is 4.31 Å². The molecule has 9 heteroatoms. The lowest BCUT2D eigenvalue weighted by Crippen LogP contribution is -2.54. The van der Waals surface area contributed by atoms with Crippen molar-refractivity contribution in [2.24, 2.45) is 0 Å². The third-order valence-electron chi connectivity index (χ3n) is 4.20. The molecular weight excluding hydrogens is 374 g/mol. The number of hydrogen-bond acceptors (Lipinski definition) is 5. The second kappa shape index (κ2) is 7.47. The first-order chi connectivity index (χ1) is 12.4. The summed E-state index contributed by atoms with van der Waals surface area (Å²) in [7, 11) is -3.36. The van der Waals surface area contributed by atoms with Crippen LogP contribution in [0.1, 0.15) is 39.2 Å². The summed E-state index contributed by atoms with van der Waals surface area (Å²) in [5.41, 5.74) is -2.52. The van der Waals surface area contributed by atoms with E-state index in [2.05, 4.69) is 0 Å². The molecule has 0 amide bonds. The maximum absolute atomic E-state index is 12.2. The van der Waals surface area contributed by atoms with Crippen LogP contribution in [0.4, 0.5) is 5.69 Å². The maximum Gasteiger partial charge on any atom is 0.348 e. The van der Waals surface area contributed by atoms with Crippen molar-refractivity contribution in [3.05, 3.63) is 29.8 Å². The molecule has 2 rings (SSSR count). The molecule has 1 heterocycles. The van der Waals surface area contributed by atoms with E-state index < -0.39 is 33.2 Å². The van der Waals surface area contributed by atoms with Crippen LogP contribution in [0.2, 0.25) is 0 Å². The Kier molecular flexibility index (Phi) is 5.86. The molecule has 1 aliphatic rings. The number of carboxylic acids is 2. The van der Waals surface area contributed by atoms with Gasteiger partial charge >= 0.3 is 11.9 Å². The highest BCUT2D eigenvalue weighted by Gasteiger charge is 2.50. The highest BCUT2D eigenvalue weighted by molar-refractivity contribution is 7.92. The molecule has 1 aliphatic heterocycles. The van der Waals surface area contributed by atoms with Crippen LogP contribution in [0.5, 0.6) is 0 Å². The van der Waals surface area contributed by atoms with Gasteiger partial charge in [0, 0.05) is 13.0 Å². The zero-order valence-electron chi connectivity index (χ0n) is 15.6. The van der Waals surface area contributed by atoms with Gasteiger partial charge in [-0.05, 0) is 51.3 Å². The first kappa shape index (κ1) is 21.2. The lowest BCUT2D eigenvalue weighted by atomic mass is 9.93. The monoisotopic (exact) mass is 399 g/mol. The fraction of sp³-hybridized carbons (Fsp3) is 0.556. The van der Waals surface area contributed by atoms with Crippen molar-refractivity contribution < 1.29 is 33.0 Å². The van der Waals surface area contributed by atoms with Crippen molar-refractivity contribution >= 4 is 27.6 Å². The molecule has 0 unspecified atom stereocenters. The molecule has 0 aliphatic carbocycles. The van der Waals surface area contributed by atoms with Crippen molar-refractivity contribution in [1.82, 2.24) is 0 Å². The van der Waals surface area contributed by atoms with Gasteiger partial charge in [-0.2, -0.15) is 0 Å². The molecule has 150 valence electrons. The first-order valence-corrected chi connectivity index (χ1v) is 10.2. The van der Waals surface area contributed by atoms with Gasteiger partial charge in [0.1, 0.15) is 0 Å². The van der Waals surface area contributed by atoms with Gasteiger partial charge in [0.15, 0.2) is 0 Å². The molecular formula is C18H25NO7S. The minimum Gasteiger partial charge on any atom is -0.479 e. The number of sulfonamides is 1. The third-order valence-corrected chi connectivity index (χ3v) is 6.07. The standard InChI is InChI=1S/C18H25NO7S/c1-17(2,3)26-18(15(20)21,16(22)23)12-13-6-8-14(9-7-13)19-10-4-5-11-27(19,24)25/h6-9H,4-5,10-12H2,1-3H3,(H,20,21)(H,22,23). The minimum absolute atomic E-state index is 0.0926. The topological polar surface area (TPSA) is 121 Å². The SMILES string of the molecule is CC(C)(C)OC(Cc1ccc(N2CCCCS2(=O)=O)cc1)(C(=O)O)C(=O)O. The Bertz CT molecular complexity index is 795. The van der Waals surface area contributed by atoms with Crippen LogP contribution >= 0.6 is 0 Å². The summed E-state index contributed by atoms with van der Waals surface area (Å²) in [6.45, 7) is 5.14. The molecule has 1 aromatic carbocycles. The van der Waals surface area contributed by atoms with Gasteiger partial charge in [-0.25, -0.2) is 18.0 Å². The van der Waals surface area contributed by atoms with Crippen LogP contribution in [-0.4, -0.2) is 54.1 Å². The Morgan fingerprint density at radius 3 is 2.07 bits per heavy atom. The predicted octanol–water partition coefficient (Wildman–Crippen LogP) is 1.88. The Labute approximate surface area is 158 Å². The van der Waals surface area contributed by atoms with Crippen molar-refractivity contribution in [2.45, 2.75) is 51.2 Å². The average molecular weight is 399 g/mol. The molecule has 0 saturated carbocycles. The second-order valence-corrected chi connectivity index (χ2v) is 9.60. The zero-order chi connectivity index (χ0) is 20.5. The number of anilines is 1. The molecule has 0 aromatic heterocycles. The minimum atomic E-state index is -3.36. The number of nitrogens with zero attached hydrogens (tertiary/aromatic N) is 1. The number of aliphatic carboxylic acids is 2.